The summed E-state index contributed by atoms with van der Waals surface area (Å²) in [5, 5.41) is 5.68. The van der Waals surface area contributed by atoms with E-state index in [1.54, 1.807) is 25.1 Å². The molecule has 0 aliphatic carbocycles. The van der Waals surface area contributed by atoms with Crippen LogP contribution in [0.4, 0.5) is 0 Å². The maximum absolute atomic E-state index is 13.2. The molecular weight excluding hydrogens is 459 g/mol. The van der Waals surface area contributed by atoms with Crippen molar-refractivity contribution in [2.45, 2.75) is 39.3 Å². The predicted molar refractivity (Wildman–Crippen MR) is 134 cm³/mol. The van der Waals surface area contributed by atoms with Crippen LogP contribution in [-0.4, -0.2) is 35.9 Å². The number of nitrogens with one attached hydrogen (secondary N) is 1. The molecule has 1 N–H and O–H groups in total. The number of rotatable bonds is 10. The van der Waals surface area contributed by atoms with E-state index in [-0.39, 0.29) is 25.0 Å². The first-order chi connectivity index (χ1) is 15.9. The molecule has 1 unspecified atom stereocenters. The lowest BCUT2D eigenvalue weighted by molar-refractivity contribution is -0.142. The van der Waals surface area contributed by atoms with Crippen LogP contribution in [0.15, 0.2) is 60.7 Å². The quantitative estimate of drug-likeness (QED) is 0.365. The Bertz CT molecular complexity index is 1110. The lowest BCUT2D eigenvalue weighted by Crippen LogP contribution is -2.49. The van der Waals surface area contributed by atoms with Gasteiger partial charge < -0.3 is 15.0 Å². The van der Waals surface area contributed by atoms with Gasteiger partial charge in [-0.25, -0.2) is 0 Å². The second kappa shape index (κ2) is 11.9. The molecule has 0 bridgehead atoms. The van der Waals surface area contributed by atoms with Gasteiger partial charge >= 0.3 is 0 Å². The Hall–Kier alpha value is -2.76. The van der Waals surface area contributed by atoms with E-state index in [1.807, 2.05) is 42.5 Å². The number of hydrogen-bond acceptors (Lipinski definition) is 3. The average molecular weight is 487 g/mol. The van der Waals surface area contributed by atoms with Gasteiger partial charge in [-0.15, -0.1) is 0 Å². The summed E-state index contributed by atoms with van der Waals surface area (Å²) in [7, 11) is 0. The lowest BCUT2D eigenvalue weighted by Gasteiger charge is -2.29. The van der Waals surface area contributed by atoms with Gasteiger partial charge in [-0.05, 0) is 42.5 Å². The Morgan fingerprint density at radius 1 is 1.03 bits per heavy atom. The number of amides is 2. The third kappa shape index (κ3) is 6.62. The minimum Gasteiger partial charge on any atom is -0.483 e. The Balaban J connectivity index is 1.78. The number of carbonyl (C=O) groups is 2. The molecule has 174 valence electrons. The van der Waals surface area contributed by atoms with Crippen molar-refractivity contribution in [3.05, 3.63) is 76.3 Å². The molecule has 0 radical (unpaired) electrons. The number of hydrogen-bond donors (Lipinski definition) is 1. The predicted octanol–water partition coefficient (Wildman–Crippen LogP) is 5.86. The number of halogens is 2. The molecule has 0 aromatic heterocycles. The fraction of sp³-hybridized carbons (Fsp3) is 0.308. The van der Waals surface area contributed by atoms with Gasteiger partial charge in [0.25, 0.3) is 5.91 Å². The number of fused-ring (bicyclic) bond motifs is 1. The van der Waals surface area contributed by atoms with Crippen LogP contribution < -0.4 is 10.1 Å². The summed E-state index contributed by atoms with van der Waals surface area (Å²) < 4.78 is 5.90. The molecule has 0 saturated heterocycles. The van der Waals surface area contributed by atoms with Crippen molar-refractivity contribution in [2.24, 2.45) is 0 Å². The number of ether oxygens (including phenoxy) is 1. The maximum Gasteiger partial charge on any atom is 0.261 e. The SMILES string of the molecule is CCCCNC(=O)C(C)N(Cc1ccc(Cl)c(Cl)c1)C(=O)COc1cccc2ccccc12. The number of carbonyl (C=O) groups excluding carboxylic acids is 2. The molecule has 0 fully saturated rings. The van der Waals surface area contributed by atoms with Gasteiger partial charge in [0, 0.05) is 18.5 Å². The highest BCUT2D eigenvalue weighted by molar-refractivity contribution is 6.42. The highest BCUT2D eigenvalue weighted by Gasteiger charge is 2.26. The monoisotopic (exact) mass is 486 g/mol. The van der Waals surface area contributed by atoms with Crippen molar-refractivity contribution in [2.75, 3.05) is 13.2 Å². The maximum atomic E-state index is 13.2. The molecular formula is C26H28Cl2N2O3. The van der Waals surface area contributed by atoms with Crippen molar-refractivity contribution >= 4 is 45.8 Å². The first-order valence-corrected chi connectivity index (χ1v) is 11.8. The molecule has 0 aliphatic heterocycles. The van der Waals surface area contributed by atoms with Crippen LogP contribution in [0, 0.1) is 0 Å². The highest BCUT2D eigenvalue weighted by atomic mass is 35.5. The second-order valence-electron chi connectivity index (χ2n) is 7.86. The van der Waals surface area contributed by atoms with Crippen LogP contribution in [0.25, 0.3) is 10.8 Å². The molecule has 0 spiro atoms. The standard InChI is InChI=1S/C26H28Cl2N2O3/c1-3-4-14-29-26(32)18(2)30(16-19-12-13-22(27)23(28)15-19)25(31)17-33-24-11-7-9-20-8-5-6-10-21(20)24/h5-13,15,18H,3-4,14,16-17H2,1-2H3,(H,29,32). The van der Waals surface area contributed by atoms with Gasteiger partial charge in [-0.2, -0.15) is 0 Å². The molecule has 3 aromatic rings. The van der Waals surface area contributed by atoms with Crippen LogP contribution in [0.2, 0.25) is 10.0 Å². The normalized spacial score (nSPS) is 11.8. The van der Waals surface area contributed by atoms with Gasteiger partial charge in [0.15, 0.2) is 6.61 Å². The van der Waals surface area contributed by atoms with Gasteiger partial charge in [0.05, 0.1) is 10.0 Å². The number of unbranched alkanes of at least 4 members (excludes halogenated alkanes) is 1. The minimum atomic E-state index is -0.681. The summed E-state index contributed by atoms with van der Waals surface area (Å²) >= 11 is 12.2. The molecule has 33 heavy (non-hydrogen) atoms. The number of benzene rings is 3. The summed E-state index contributed by atoms with van der Waals surface area (Å²) in [4.78, 5) is 27.5. The summed E-state index contributed by atoms with van der Waals surface area (Å²) in [5.41, 5.74) is 0.774. The van der Waals surface area contributed by atoms with Crippen molar-refractivity contribution in [1.29, 1.82) is 0 Å². The smallest absolute Gasteiger partial charge is 0.261 e. The molecule has 2 amide bonds. The van der Waals surface area contributed by atoms with Gasteiger partial charge in [0.1, 0.15) is 11.8 Å². The Morgan fingerprint density at radius 3 is 2.55 bits per heavy atom. The van der Waals surface area contributed by atoms with E-state index in [4.69, 9.17) is 27.9 Å². The zero-order valence-electron chi connectivity index (χ0n) is 18.8. The summed E-state index contributed by atoms with van der Waals surface area (Å²) in [6.45, 7) is 4.36. The van der Waals surface area contributed by atoms with Crippen LogP contribution in [-0.2, 0) is 16.1 Å². The molecule has 3 aromatic carbocycles. The van der Waals surface area contributed by atoms with Gasteiger partial charge in [0.2, 0.25) is 5.91 Å². The lowest BCUT2D eigenvalue weighted by atomic mass is 10.1. The Kier molecular flexibility index (Phi) is 8.98. The first-order valence-electron chi connectivity index (χ1n) is 11.0. The van der Waals surface area contributed by atoms with Crippen molar-refractivity contribution in [3.63, 3.8) is 0 Å². The van der Waals surface area contributed by atoms with Gasteiger partial charge in [-0.1, -0.05) is 79.0 Å². The molecule has 0 heterocycles. The fourth-order valence-corrected chi connectivity index (χ4v) is 3.82. The van der Waals surface area contributed by atoms with E-state index in [1.165, 1.54) is 4.90 Å². The third-order valence-corrected chi connectivity index (χ3v) is 6.17. The third-order valence-electron chi connectivity index (χ3n) is 5.43. The topological polar surface area (TPSA) is 58.6 Å². The Morgan fingerprint density at radius 2 is 1.79 bits per heavy atom. The molecule has 5 nitrogen and oxygen atoms in total. The summed E-state index contributed by atoms with van der Waals surface area (Å²) in [6.07, 6.45) is 1.85. The van der Waals surface area contributed by atoms with Gasteiger partial charge in [-0.3, -0.25) is 9.59 Å². The van der Waals surface area contributed by atoms with E-state index in [9.17, 15) is 9.59 Å². The van der Waals surface area contributed by atoms with Crippen molar-refractivity contribution in [3.8, 4) is 5.75 Å². The van der Waals surface area contributed by atoms with E-state index < -0.39 is 6.04 Å². The first kappa shape index (κ1) is 24.9. The van der Waals surface area contributed by atoms with Crippen LogP contribution in [0.3, 0.4) is 0 Å². The molecule has 7 heteroatoms. The van der Waals surface area contributed by atoms with Crippen LogP contribution >= 0.6 is 23.2 Å². The van der Waals surface area contributed by atoms with Crippen molar-refractivity contribution in [1.82, 2.24) is 10.2 Å². The number of nitrogens with zero attached hydrogens (tertiary/aromatic N) is 1. The average Bonchev–Trinajstić information content (AvgIpc) is 2.82. The molecule has 0 saturated carbocycles. The van der Waals surface area contributed by atoms with Crippen LogP contribution in [0.1, 0.15) is 32.3 Å². The van der Waals surface area contributed by atoms with E-state index in [0.717, 1.165) is 29.2 Å². The Labute approximate surface area is 204 Å². The summed E-state index contributed by atoms with van der Waals surface area (Å²) in [5.74, 6) is 0.116. The minimum absolute atomic E-state index is 0.193. The second-order valence-corrected chi connectivity index (χ2v) is 8.67. The summed E-state index contributed by atoms with van der Waals surface area (Å²) in [6, 6.07) is 18.0. The highest BCUT2D eigenvalue weighted by Crippen LogP contribution is 2.26. The van der Waals surface area contributed by atoms with E-state index in [0.29, 0.717) is 22.3 Å². The van der Waals surface area contributed by atoms with Crippen molar-refractivity contribution < 1.29 is 14.3 Å². The zero-order chi connectivity index (χ0) is 23.8. The zero-order valence-corrected chi connectivity index (χ0v) is 20.3. The van der Waals surface area contributed by atoms with E-state index >= 15 is 0 Å². The van der Waals surface area contributed by atoms with Crippen LogP contribution in [0.5, 0.6) is 5.75 Å². The fourth-order valence-electron chi connectivity index (χ4n) is 3.50. The van der Waals surface area contributed by atoms with E-state index in [2.05, 4.69) is 12.2 Å². The molecule has 3 rings (SSSR count). The molecule has 1 atom stereocenters. The largest absolute Gasteiger partial charge is 0.483 e. The molecule has 0 aliphatic rings.